The second-order valence-corrected chi connectivity index (χ2v) is 6.06. The van der Waals surface area contributed by atoms with Crippen molar-refractivity contribution in [2.24, 2.45) is 5.73 Å². The van der Waals surface area contributed by atoms with Gasteiger partial charge in [-0.05, 0) is 19.3 Å². The van der Waals surface area contributed by atoms with Crippen LogP contribution in [-0.4, -0.2) is 16.0 Å². The Morgan fingerprint density at radius 2 is 2.12 bits per heavy atom. The lowest BCUT2D eigenvalue weighted by molar-refractivity contribution is 0.383. The third kappa shape index (κ3) is 2.46. The zero-order valence-corrected chi connectivity index (χ0v) is 10.6. The summed E-state index contributed by atoms with van der Waals surface area (Å²) in [5.74, 6) is 1.68. The molecule has 3 N–H and O–H groups in total. The van der Waals surface area contributed by atoms with E-state index in [1.807, 2.05) is 6.20 Å². The lowest BCUT2D eigenvalue weighted by atomic mass is 9.85. The van der Waals surface area contributed by atoms with Crippen molar-refractivity contribution in [1.29, 1.82) is 0 Å². The normalized spacial score (nSPS) is 27.0. The van der Waals surface area contributed by atoms with Crippen LogP contribution in [0, 0.1) is 0 Å². The Bertz CT molecular complexity index is 348. The summed E-state index contributed by atoms with van der Waals surface area (Å²) in [6.07, 6.45) is 6.69. The van der Waals surface area contributed by atoms with Gasteiger partial charge in [-0.2, -0.15) is 0 Å². The number of nitrogens with one attached hydrogen (secondary N) is 1. The number of aromatic nitrogens is 2. The summed E-state index contributed by atoms with van der Waals surface area (Å²) >= 11 is 0. The predicted molar refractivity (Wildman–Crippen MR) is 66.5 cm³/mol. The standard InChI is InChI=1S/C13H23N3/c1-13(2,3)11-8-15-12(16-11)9-5-4-6-10(14)7-9/h8-10H,4-7,14H2,1-3H3,(H,15,16). The first-order valence-corrected chi connectivity index (χ1v) is 6.28. The van der Waals surface area contributed by atoms with Crippen LogP contribution < -0.4 is 5.73 Å². The minimum Gasteiger partial charge on any atom is -0.345 e. The second kappa shape index (κ2) is 4.21. The first kappa shape index (κ1) is 11.6. The molecular weight excluding hydrogens is 198 g/mol. The fraction of sp³-hybridized carbons (Fsp3) is 0.769. The van der Waals surface area contributed by atoms with Crippen molar-refractivity contribution in [3.05, 3.63) is 17.7 Å². The molecule has 0 spiro atoms. The van der Waals surface area contributed by atoms with Crippen LogP contribution in [0.4, 0.5) is 0 Å². The van der Waals surface area contributed by atoms with E-state index in [9.17, 15) is 0 Å². The Kier molecular flexibility index (Phi) is 3.06. The molecule has 0 radical (unpaired) electrons. The smallest absolute Gasteiger partial charge is 0.109 e. The van der Waals surface area contributed by atoms with Crippen molar-refractivity contribution >= 4 is 0 Å². The Morgan fingerprint density at radius 1 is 1.38 bits per heavy atom. The van der Waals surface area contributed by atoms with E-state index in [1.54, 1.807) is 0 Å². The molecule has 1 aromatic heterocycles. The van der Waals surface area contributed by atoms with Crippen molar-refractivity contribution < 1.29 is 0 Å². The number of hydrogen-bond acceptors (Lipinski definition) is 2. The minimum atomic E-state index is 0.155. The molecule has 0 aliphatic heterocycles. The Morgan fingerprint density at radius 3 is 2.69 bits per heavy atom. The summed E-state index contributed by atoms with van der Waals surface area (Å²) in [6.45, 7) is 6.62. The molecule has 3 heteroatoms. The van der Waals surface area contributed by atoms with Gasteiger partial charge in [0.1, 0.15) is 5.82 Å². The van der Waals surface area contributed by atoms with E-state index in [4.69, 9.17) is 5.73 Å². The molecule has 1 aliphatic rings. The van der Waals surface area contributed by atoms with Gasteiger partial charge < -0.3 is 10.7 Å². The summed E-state index contributed by atoms with van der Waals surface area (Å²) < 4.78 is 0. The summed E-state index contributed by atoms with van der Waals surface area (Å²) in [5, 5.41) is 0. The summed E-state index contributed by atoms with van der Waals surface area (Å²) in [6, 6.07) is 0.363. The topological polar surface area (TPSA) is 54.7 Å². The van der Waals surface area contributed by atoms with Crippen LogP contribution in [0.25, 0.3) is 0 Å². The molecule has 1 aromatic rings. The second-order valence-electron chi connectivity index (χ2n) is 6.06. The molecule has 0 aromatic carbocycles. The van der Waals surface area contributed by atoms with E-state index < -0.39 is 0 Å². The van der Waals surface area contributed by atoms with Crippen LogP contribution >= 0.6 is 0 Å². The SMILES string of the molecule is CC(C)(C)c1cnc(C2CCCC(N)C2)[nH]1. The van der Waals surface area contributed by atoms with Crippen molar-refractivity contribution in [2.75, 3.05) is 0 Å². The number of H-pyrrole nitrogens is 1. The Hall–Kier alpha value is -0.830. The number of nitrogens with two attached hydrogens (primary N) is 1. The van der Waals surface area contributed by atoms with Gasteiger partial charge >= 0.3 is 0 Å². The van der Waals surface area contributed by atoms with Crippen molar-refractivity contribution in [3.63, 3.8) is 0 Å². The van der Waals surface area contributed by atoms with E-state index in [0.717, 1.165) is 12.2 Å². The van der Waals surface area contributed by atoms with Gasteiger partial charge in [-0.15, -0.1) is 0 Å². The summed E-state index contributed by atoms with van der Waals surface area (Å²) in [5.41, 5.74) is 7.39. The molecule has 90 valence electrons. The third-order valence-corrected chi connectivity index (χ3v) is 3.50. The molecule has 2 rings (SSSR count). The molecule has 1 saturated carbocycles. The van der Waals surface area contributed by atoms with Gasteiger partial charge in [0, 0.05) is 29.3 Å². The van der Waals surface area contributed by atoms with E-state index >= 15 is 0 Å². The lowest BCUT2D eigenvalue weighted by Crippen LogP contribution is -2.27. The maximum Gasteiger partial charge on any atom is 0.109 e. The number of rotatable bonds is 1. The minimum absolute atomic E-state index is 0.155. The third-order valence-electron chi connectivity index (χ3n) is 3.50. The molecule has 1 fully saturated rings. The molecular formula is C13H23N3. The molecule has 16 heavy (non-hydrogen) atoms. The van der Waals surface area contributed by atoms with Gasteiger partial charge in [0.25, 0.3) is 0 Å². The van der Waals surface area contributed by atoms with Crippen molar-refractivity contribution in [2.45, 2.75) is 63.8 Å². The highest BCUT2D eigenvalue weighted by Crippen LogP contribution is 2.31. The molecule has 2 atom stereocenters. The first-order chi connectivity index (χ1) is 7.47. The van der Waals surface area contributed by atoms with Crippen molar-refractivity contribution in [1.82, 2.24) is 9.97 Å². The molecule has 3 nitrogen and oxygen atoms in total. The average Bonchev–Trinajstić information content (AvgIpc) is 2.65. The Balaban J connectivity index is 2.12. The molecule has 0 saturated heterocycles. The van der Waals surface area contributed by atoms with E-state index in [0.29, 0.717) is 12.0 Å². The maximum absolute atomic E-state index is 6.01. The van der Waals surface area contributed by atoms with Gasteiger partial charge in [-0.1, -0.05) is 27.2 Å². The molecule has 1 heterocycles. The molecule has 2 unspecified atom stereocenters. The van der Waals surface area contributed by atoms with Crippen LogP contribution in [-0.2, 0) is 5.41 Å². The zero-order valence-electron chi connectivity index (χ0n) is 10.6. The highest BCUT2D eigenvalue weighted by molar-refractivity contribution is 5.14. The predicted octanol–water partition coefficient (Wildman–Crippen LogP) is 2.69. The monoisotopic (exact) mass is 221 g/mol. The fourth-order valence-corrected chi connectivity index (χ4v) is 2.40. The first-order valence-electron chi connectivity index (χ1n) is 6.28. The zero-order chi connectivity index (χ0) is 11.8. The van der Waals surface area contributed by atoms with Gasteiger partial charge in [0.15, 0.2) is 0 Å². The molecule has 0 amide bonds. The number of hydrogen-bond donors (Lipinski definition) is 2. The highest BCUT2D eigenvalue weighted by Gasteiger charge is 2.24. The van der Waals surface area contributed by atoms with Crippen LogP contribution in [0.3, 0.4) is 0 Å². The quantitative estimate of drug-likeness (QED) is 0.766. The van der Waals surface area contributed by atoms with E-state index in [1.165, 1.54) is 25.0 Å². The highest BCUT2D eigenvalue weighted by atomic mass is 14.9. The van der Waals surface area contributed by atoms with Crippen LogP contribution in [0.5, 0.6) is 0 Å². The summed E-state index contributed by atoms with van der Waals surface area (Å²) in [7, 11) is 0. The number of nitrogens with zero attached hydrogens (tertiary/aromatic N) is 1. The molecule has 1 aliphatic carbocycles. The lowest BCUT2D eigenvalue weighted by Gasteiger charge is -2.25. The van der Waals surface area contributed by atoms with Crippen LogP contribution in [0.1, 0.15) is 63.9 Å². The van der Waals surface area contributed by atoms with Gasteiger partial charge in [-0.25, -0.2) is 4.98 Å². The maximum atomic E-state index is 6.01. The largest absolute Gasteiger partial charge is 0.345 e. The number of imidazole rings is 1. The number of aromatic amines is 1. The fourth-order valence-electron chi connectivity index (χ4n) is 2.40. The van der Waals surface area contributed by atoms with Crippen LogP contribution in [0.15, 0.2) is 6.20 Å². The van der Waals surface area contributed by atoms with E-state index in [2.05, 4.69) is 30.7 Å². The summed E-state index contributed by atoms with van der Waals surface area (Å²) in [4.78, 5) is 8.01. The van der Waals surface area contributed by atoms with Gasteiger partial charge in [0.05, 0.1) is 0 Å². The van der Waals surface area contributed by atoms with Gasteiger partial charge in [0.2, 0.25) is 0 Å². The average molecular weight is 221 g/mol. The van der Waals surface area contributed by atoms with Gasteiger partial charge in [-0.3, -0.25) is 0 Å². The van der Waals surface area contributed by atoms with Crippen LogP contribution in [0.2, 0.25) is 0 Å². The van der Waals surface area contributed by atoms with E-state index in [-0.39, 0.29) is 5.41 Å². The Labute approximate surface area is 97.8 Å². The molecule has 0 bridgehead atoms. The van der Waals surface area contributed by atoms with Crippen molar-refractivity contribution in [3.8, 4) is 0 Å².